The van der Waals surface area contributed by atoms with Crippen LogP contribution < -0.4 is 5.73 Å². The fourth-order valence-corrected chi connectivity index (χ4v) is 3.56. The van der Waals surface area contributed by atoms with Crippen LogP contribution in [0.3, 0.4) is 0 Å². The molecule has 1 fully saturated rings. The first kappa shape index (κ1) is 17.4. The summed E-state index contributed by atoms with van der Waals surface area (Å²) in [5.41, 5.74) is 5.65. The summed E-state index contributed by atoms with van der Waals surface area (Å²) in [7, 11) is 0. The van der Waals surface area contributed by atoms with E-state index in [9.17, 15) is 9.90 Å². The topological polar surface area (TPSA) is 66.6 Å². The van der Waals surface area contributed by atoms with Crippen molar-refractivity contribution in [3.05, 3.63) is 0 Å². The largest absolute Gasteiger partial charge is 0.395 e. The standard InChI is InChI=1S/C16H32N2O2/c1-3-15(4-2)18(10-11-19)16(20)14-7-5-6-13(12-14)8-9-17/h13-15,19H,3-12,17H2,1-2H3. The predicted octanol–water partition coefficient (Wildman–Crippen LogP) is 2.15. The number of carbonyl (C=O) groups is 1. The molecule has 0 aromatic carbocycles. The van der Waals surface area contributed by atoms with Crippen molar-refractivity contribution in [2.45, 2.75) is 64.8 Å². The number of hydrogen-bond donors (Lipinski definition) is 2. The van der Waals surface area contributed by atoms with Crippen LogP contribution in [0.5, 0.6) is 0 Å². The van der Waals surface area contributed by atoms with Crippen LogP contribution in [0.4, 0.5) is 0 Å². The quantitative estimate of drug-likeness (QED) is 0.717. The van der Waals surface area contributed by atoms with Gasteiger partial charge in [0.15, 0.2) is 0 Å². The van der Waals surface area contributed by atoms with Crippen molar-refractivity contribution in [1.29, 1.82) is 0 Å². The molecule has 118 valence electrons. The number of rotatable bonds is 8. The van der Waals surface area contributed by atoms with Gasteiger partial charge in [-0.25, -0.2) is 0 Å². The molecule has 3 N–H and O–H groups in total. The van der Waals surface area contributed by atoms with Crippen LogP contribution in [0.25, 0.3) is 0 Å². The Hall–Kier alpha value is -0.610. The van der Waals surface area contributed by atoms with Crippen LogP contribution in [0.15, 0.2) is 0 Å². The lowest BCUT2D eigenvalue weighted by Gasteiger charge is -2.36. The van der Waals surface area contributed by atoms with Gasteiger partial charge in [-0.05, 0) is 44.6 Å². The van der Waals surface area contributed by atoms with Crippen molar-refractivity contribution in [3.63, 3.8) is 0 Å². The van der Waals surface area contributed by atoms with Crippen molar-refractivity contribution in [3.8, 4) is 0 Å². The third kappa shape index (κ3) is 4.74. The maximum absolute atomic E-state index is 12.8. The van der Waals surface area contributed by atoms with Gasteiger partial charge in [0.25, 0.3) is 0 Å². The first-order chi connectivity index (χ1) is 9.67. The molecule has 0 radical (unpaired) electrons. The predicted molar refractivity (Wildman–Crippen MR) is 82.3 cm³/mol. The Morgan fingerprint density at radius 2 is 2.05 bits per heavy atom. The molecule has 0 heterocycles. The Morgan fingerprint density at radius 1 is 1.35 bits per heavy atom. The number of nitrogens with zero attached hydrogens (tertiary/aromatic N) is 1. The van der Waals surface area contributed by atoms with Gasteiger partial charge < -0.3 is 15.7 Å². The van der Waals surface area contributed by atoms with E-state index in [-0.39, 0.29) is 24.5 Å². The van der Waals surface area contributed by atoms with E-state index in [4.69, 9.17) is 5.73 Å². The second-order valence-electron chi connectivity index (χ2n) is 6.03. The first-order valence-electron chi connectivity index (χ1n) is 8.29. The minimum atomic E-state index is 0.0567. The van der Waals surface area contributed by atoms with Crippen LogP contribution >= 0.6 is 0 Å². The van der Waals surface area contributed by atoms with Gasteiger partial charge in [0.2, 0.25) is 5.91 Å². The van der Waals surface area contributed by atoms with Crippen LogP contribution in [-0.4, -0.2) is 41.7 Å². The molecule has 4 heteroatoms. The number of aliphatic hydroxyl groups excluding tert-OH is 1. The zero-order valence-corrected chi connectivity index (χ0v) is 13.2. The average molecular weight is 284 g/mol. The van der Waals surface area contributed by atoms with Crippen LogP contribution in [0.1, 0.15) is 58.8 Å². The average Bonchev–Trinajstić information content (AvgIpc) is 2.47. The van der Waals surface area contributed by atoms with Gasteiger partial charge in [0.05, 0.1) is 6.61 Å². The lowest BCUT2D eigenvalue weighted by atomic mass is 9.79. The Balaban J connectivity index is 2.67. The van der Waals surface area contributed by atoms with Gasteiger partial charge >= 0.3 is 0 Å². The van der Waals surface area contributed by atoms with Crippen molar-refractivity contribution >= 4 is 5.91 Å². The Kier molecular flexibility index (Phi) is 8.15. The number of hydrogen-bond acceptors (Lipinski definition) is 3. The molecule has 2 atom stereocenters. The number of amides is 1. The van der Waals surface area contributed by atoms with E-state index < -0.39 is 0 Å². The van der Waals surface area contributed by atoms with Gasteiger partial charge in [0, 0.05) is 18.5 Å². The molecule has 0 aromatic rings. The molecule has 0 aromatic heterocycles. The molecule has 0 bridgehead atoms. The lowest BCUT2D eigenvalue weighted by molar-refractivity contribution is -0.140. The van der Waals surface area contributed by atoms with E-state index in [1.807, 2.05) is 4.90 Å². The highest BCUT2D eigenvalue weighted by Crippen LogP contribution is 2.32. The molecule has 1 rings (SSSR count). The number of carbonyl (C=O) groups excluding carboxylic acids is 1. The summed E-state index contributed by atoms with van der Waals surface area (Å²) in [6.07, 6.45) is 7.29. The molecule has 1 saturated carbocycles. The van der Waals surface area contributed by atoms with Crippen molar-refractivity contribution in [1.82, 2.24) is 4.90 Å². The summed E-state index contributed by atoms with van der Waals surface area (Å²) in [4.78, 5) is 14.7. The molecule has 1 aliphatic carbocycles. The van der Waals surface area contributed by atoms with E-state index in [0.717, 1.165) is 45.1 Å². The van der Waals surface area contributed by atoms with E-state index in [2.05, 4.69) is 13.8 Å². The van der Waals surface area contributed by atoms with Gasteiger partial charge in [-0.3, -0.25) is 4.79 Å². The summed E-state index contributed by atoms with van der Waals surface area (Å²) in [6, 6.07) is 0.268. The second kappa shape index (κ2) is 9.35. The molecule has 1 amide bonds. The van der Waals surface area contributed by atoms with E-state index >= 15 is 0 Å². The van der Waals surface area contributed by atoms with E-state index in [1.165, 1.54) is 6.42 Å². The maximum atomic E-state index is 12.8. The smallest absolute Gasteiger partial charge is 0.226 e. The van der Waals surface area contributed by atoms with Crippen LogP contribution in [0.2, 0.25) is 0 Å². The Morgan fingerprint density at radius 3 is 2.60 bits per heavy atom. The molecule has 20 heavy (non-hydrogen) atoms. The number of nitrogens with two attached hydrogens (primary N) is 1. The highest BCUT2D eigenvalue weighted by atomic mass is 16.3. The lowest BCUT2D eigenvalue weighted by Crippen LogP contribution is -2.45. The van der Waals surface area contributed by atoms with E-state index in [0.29, 0.717) is 12.5 Å². The van der Waals surface area contributed by atoms with Gasteiger partial charge in [0.1, 0.15) is 0 Å². The van der Waals surface area contributed by atoms with E-state index in [1.54, 1.807) is 0 Å². The Bertz CT molecular complexity index is 278. The summed E-state index contributed by atoms with van der Waals surface area (Å²) in [5.74, 6) is 1.02. The summed E-state index contributed by atoms with van der Waals surface area (Å²) in [5, 5.41) is 9.25. The molecule has 1 aliphatic rings. The highest BCUT2D eigenvalue weighted by Gasteiger charge is 2.31. The normalized spacial score (nSPS) is 23.1. The molecule has 0 aliphatic heterocycles. The first-order valence-corrected chi connectivity index (χ1v) is 8.29. The van der Waals surface area contributed by atoms with Crippen molar-refractivity contribution in [2.24, 2.45) is 17.6 Å². The molecular weight excluding hydrogens is 252 g/mol. The summed E-state index contributed by atoms with van der Waals surface area (Å²) >= 11 is 0. The zero-order chi connectivity index (χ0) is 15.0. The molecule has 0 saturated heterocycles. The summed E-state index contributed by atoms with van der Waals surface area (Å²) in [6.45, 7) is 5.48. The fourth-order valence-electron chi connectivity index (χ4n) is 3.56. The second-order valence-corrected chi connectivity index (χ2v) is 6.03. The zero-order valence-electron chi connectivity index (χ0n) is 13.2. The van der Waals surface area contributed by atoms with Crippen molar-refractivity contribution < 1.29 is 9.90 Å². The third-order valence-corrected chi connectivity index (χ3v) is 4.71. The van der Waals surface area contributed by atoms with Gasteiger partial charge in [-0.1, -0.05) is 26.7 Å². The minimum Gasteiger partial charge on any atom is -0.395 e. The molecule has 0 spiro atoms. The fraction of sp³-hybridized carbons (Fsp3) is 0.938. The molecular formula is C16H32N2O2. The Labute approximate surface area is 123 Å². The van der Waals surface area contributed by atoms with Crippen LogP contribution in [-0.2, 0) is 4.79 Å². The summed E-state index contributed by atoms with van der Waals surface area (Å²) < 4.78 is 0. The molecule has 4 nitrogen and oxygen atoms in total. The minimum absolute atomic E-state index is 0.0567. The van der Waals surface area contributed by atoms with Gasteiger partial charge in [-0.2, -0.15) is 0 Å². The number of aliphatic hydroxyl groups is 1. The van der Waals surface area contributed by atoms with Crippen molar-refractivity contribution in [2.75, 3.05) is 19.7 Å². The third-order valence-electron chi connectivity index (χ3n) is 4.71. The highest BCUT2D eigenvalue weighted by molar-refractivity contribution is 5.79. The molecule has 2 unspecified atom stereocenters. The van der Waals surface area contributed by atoms with Crippen LogP contribution in [0, 0.1) is 11.8 Å². The monoisotopic (exact) mass is 284 g/mol. The SMILES string of the molecule is CCC(CC)N(CCO)C(=O)C1CCCC(CCN)C1. The maximum Gasteiger partial charge on any atom is 0.226 e. The van der Waals surface area contributed by atoms with Gasteiger partial charge in [-0.15, -0.1) is 0 Å².